The maximum atomic E-state index is 13.9. The topological polar surface area (TPSA) is 127 Å². The maximum absolute atomic E-state index is 13.9. The van der Waals surface area contributed by atoms with Gasteiger partial charge in [-0.25, -0.2) is 32.2 Å². The molecule has 2 aliphatic rings. The molecule has 2 amide bonds. The number of carbonyl (C=O) groups is 2. The van der Waals surface area contributed by atoms with E-state index in [9.17, 15) is 27.2 Å². The van der Waals surface area contributed by atoms with E-state index in [0.717, 1.165) is 12.8 Å². The third-order valence-corrected chi connectivity index (χ3v) is 7.74. The largest absolute Gasteiger partial charge is 0.347 e. The third kappa shape index (κ3) is 6.25. The van der Waals surface area contributed by atoms with Gasteiger partial charge in [0.2, 0.25) is 24.0 Å². The first-order valence-corrected chi connectivity index (χ1v) is 13.4. The molecule has 0 saturated heterocycles. The van der Waals surface area contributed by atoms with Gasteiger partial charge in [0.15, 0.2) is 5.69 Å². The number of rotatable bonds is 10. The average molecular weight is 566 g/mol. The van der Waals surface area contributed by atoms with Crippen molar-refractivity contribution in [2.75, 3.05) is 0 Å². The molecule has 3 atom stereocenters. The van der Waals surface area contributed by atoms with Gasteiger partial charge in [0.05, 0.1) is 23.5 Å². The first-order valence-electron chi connectivity index (χ1n) is 13.4. The monoisotopic (exact) mass is 565 g/mol. The molecule has 2 aliphatic carbocycles. The number of hydrogen-bond donors (Lipinski definition) is 2. The minimum atomic E-state index is -2.75. The number of carbonyl (C=O) groups excluding carboxylic acids is 2. The quantitative estimate of drug-likeness (QED) is 0.345. The van der Waals surface area contributed by atoms with E-state index in [0.29, 0.717) is 22.9 Å². The molecule has 40 heavy (non-hydrogen) atoms. The number of amides is 2. The van der Waals surface area contributed by atoms with Crippen LogP contribution in [0.3, 0.4) is 0 Å². The molecule has 5 rings (SSSR count). The van der Waals surface area contributed by atoms with Crippen molar-refractivity contribution in [3.05, 3.63) is 41.2 Å². The van der Waals surface area contributed by atoms with Crippen molar-refractivity contribution < 1.29 is 31.8 Å². The van der Waals surface area contributed by atoms with E-state index in [1.165, 1.54) is 6.92 Å². The molecule has 0 aromatic carbocycles. The highest BCUT2D eigenvalue weighted by Crippen LogP contribution is 2.42. The molecule has 2 saturated carbocycles. The van der Waals surface area contributed by atoms with Crippen molar-refractivity contribution in [3.63, 3.8) is 0 Å². The van der Waals surface area contributed by atoms with Crippen LogP contribution in [-0.2, 0) is 4.79 Å². The van der Waals surface area contributed by atoms with Crippen LogP contribution in [0.15, 0.2) is 23.1 Å². The van der Waals surface area contributed by atoms with Gasteiger partial charge in [-0.3, -0.25) is 14.0 Å². The molecule has 0 spiro atoms. The Hall–Kier alpha value is -3.58. The van der Waals surface area contributed by atoms with E-state index in [2.05, 4.69) is 35.5 Å². The van der Waals surface area contributed by atoms with Crippen molar-refractivity contribution in [1.29, 1.82) is 0 Å². The van der Waals surface area contributed by atoms with Crippen molar-refractivity contribution in [2.45, 2.75) is 83.2 Å². The fourth-order valence-electron chi connectivity index (χ4n) is 5.18. The molecule has 3 heterocycles. The zero-order valence-corrected chi connectivity index (χ0v) is 22.1. The fourth-order valence-corrected chi connectivity index (χ4v) is 5.18. The number of fused-ring (bicyclic) bond motifs is 1. The minimum absolute atomic E-state index is 0.000471. The molecule has 2 fully saturated rings. The summed E-state index contributed by atoms with van der Waals surface area (Å²) in [5, 5.41) is 13.0. The lowest BCUT2D eigenvalue weighted by atomic mass is 9.81. The smallest absolute Gasteiger partial charge is 0.276 e. The average Bonchev–Trinajstić information content (AvgIpc) is 3.51. The Kier molecular flexibility index (Phi) is 7.78. The predicted molar refractivity (Wildman–Crippen MR) is 133 cm³/mol. The number of aromatic nitrogens is 5. The molecule has 3 aromatic heterocycles. The zero-order chi connectivity index (χ0) is 28.6. The summed E-state index contributed by atoms with van der Waals surface area (Å²) in [5.74, 6) is -4.69. The normalized spacial score (nSPS) is 19.9. The van der Waals surface area contributed by atoms with E-state index >= 15 is 0 Å². The van der Waals surface area contributed by atoms with Gasteiger partial charge in [-0.15, -0.1) is 0 Å². The molecule has 2 N–H and O–H groups in total. The Bertz CT molecular complexity index is 1360. The lowest BCUT2D eigenvalue weighted by Crippen LogP contribution is -2.37. The Morgan fingerprint density at radius 2 is 1.70 bits per heavy atom. The highest BCUT2D eigenvalue weighted by molar-refractivity contribution is 5.93. The van der Waals surface area contributed by atoms with E-state index in [1.807, 2.05) is 0 Å². The van der Waals surface area contributed by atoms with Crippen molar-refractivity contribution in [3.8, 4) is 0 Å². The Morgan fingerprint density at radius 1 is 1.05 bits per heavy atom. The van der Waals surface area contributed by atoms with Crippen LogP contribution in [0.25, 0.3) is 5.78 Å². The van der Waals surface area contributed by atoms with E-state index < -0.39 is 42.2 Å². The van der Waals surface area contributed by atoms with Crippen LogP contribution >= 0.6 is 0 Å². The summed E-state index contributed by atoms with van der Waals surface area (Å²) in [4.78, 5) is 34.7. The number of nitrogens with zero attached hydrogens (tertiary/aromatic N) is 5. The second kappa shape index (κ2) is 11.1. The standard InChI is InChI=1S/C26H31F4N7O3/c1-13(23(27)28)11-19(38)33-21(15-3-4-15)17-7-10-37-12-18(32-25(37)31-17)22(16-5-8-26(29,30)9-6-16)34-24(39)20-14(2)35-40-36-20/h7,10,12-13,15-16,21-23H,3-6,8-9,11H2,1-2H3,(H,33,38)(H,34,39). The van der Waals surface area contributed by atoms with Crippen LogP contribution in [0, 0.1) is 24.7 Å². The molecule has 0 radical (unpaired) electrons. The van der Waals surface area contributed by atoms with Gasteiger partial charge in [-0.1, -0.05) is 12.1 Å². The van der Waals surface area contributed by atoms with Gasteiger partial charge in [0, 0.05) is 37.6 Å². The van der Waals surface area contributed by atoms with Crippen LogP contribution in [0.5, 0.6) is 0 Å². The van der Waals surface area contributed by atoms with Gasteiger partial charge in [-0.2, -0.15) is 0 Å². The molecule has 0 bridgehead atoms. The molecular formula is C26H31F4N7O3. The first-order chi connectivity index (χ1) is 19.0. The molecule has 0 aliphatic heterocycles. The van der Waals surface area contributed by atoms with E-state index in [1.54, 1.807) is 29.8 Å². The molecule has 14 heteroatoms. The minimum Gasteiger partial charge on any atom is -0.347 e. The highest BCUT2D eigenvalue weighted by Gasteiger charge is 2.40. The molecule has 10 nitrogen and oxygen atoms in total. The number of imidazole rings is 1. The summed E-state index contributed by atoms with van der Waals surface area (Å²) in [6, 6.07) is 0.595. The Morgan fingerprint density at radius 3 is 2.33 bits per heavy atom. The van der Waals surface area contributed by atoms with E-state index in [-0.39, 0.29) is 49.6 Å². The van der Waals surface area contributed by atoms with Gasteiger partial charge < -0.3 is 10.6 Å². The second-order valence-corrected chi connectivity index (χ2v) is 11.0. The summed E-state index contributed by atoms with van der Waals surface area (Å²) < 4.78 is 60.0. The fraction of sp³-hybridized carbons (Fsp3) is 0.615. The molecule has 3 aromatic rings. The zero-order valence-electron chi connectivity index (χ0n) is 22.1. The summed E-state index contributed by atoms with van der Waals surface area (Å²) in [7, 11) is 0. The number of alkyl halides is 4. The molecule has 216 valence electrons. The van der Waals surface area contributed by atoms with Crippen molar-refractivity contribution in [1.82, 2.24) is 35.3 Å². The predicted octanol–water partition coefficient (Wildman–Crippen LogP) is 4.58. The summed E-state index contributed by atoms with van der Waals surface area (Å²) in [6.45, 7) is 2.90. The van der Waals surface area contributed by atoms with Crippen LogP contribution in [0.2, 0.25) is 0 Å². The number of halogens is 4. The summed E-state index contributed by atoms with van der Waals surface area (Å²) in [5.41, 5.74) is 1.29. The highest BCUT2D eigenvalue weighted by atomic mass is 19.3. The Balaban J connectivity index is 1.40. The van der Waals surface area contributed by atoms with E-state index in [4.69, 9.17) is 0 Å². The number of aryl methyl sites for hydroxylation is 1. The van der Waals surface area contributed by atoms with Crippen molar-refractivity contribution >= 4 is 17.6 Å². The number of nitrogens with one attached hydrogen (secondary N) is 2. The molecular weight excluding hydrogens is 534 g/mol. The third-order valence-electron chi connectivity index (χ3n) is 7.74. The van der Waals surface area contributed by atoms with Gasteiger partial charge >= 0.3 is 0 Å². The van der Waals surface area contributed by atoms with Crippen LogP contribution < -0.4 is 10.6 Å². The van der Waals surface area contributed by atoms with Gasteiger partial charge in [-0.05, 0) is 55.7 Å². The van der Waals surface area contributed by atoms with Gasteiger partial charge in [0.25, 0.3) is 5.91 Å². The Labute approximate surface area is 227 Å². The van der Waals surface area contributed by atoms with Crippen LogP contribution in [0.1, 0.15) is 91.5 Å². The van der Waals surface area contributed by atoms with Crippen molar-refractivity contribution in [2.24, 2.45) is 17.8 Å². The summed E-state index contributed by atoms with van der Waals surface area (Å²) in [6.07, 6.45) is 2.06. The lowest BCUT2D eigenvalue weighted by Gasteiger charge is -2.33. The molecule has 3 unspecified atom stereocenters. The van der Waals surface area contributed by atoms with Crippen LogP contribution in [0.4, 0.5) is 17.6 Å². The maximum Gasteiger partial charge on any atom is 0.276 e. The lowest BCUT2D eigenvalue weighted by molar-refractivity contribution is -0.124. The van der Waals surface area contributed by atoms with Gasteiger partial charge in [0.1, 0.15) is 5.69 Å². The SMILES string of the molecule is Cc1nonc1C(=O)NC(c1cn2ccc(C(NC(=O)CC(C)C(F)F)C3CC3)nc2n1)C1CCC(F)(F)CC1. The van der Waals surface area contributed by atoms with Crippen LogP contribution in [-0.4, -0.2) is 48.8 Å². The second-order valence-electron chi connectivity index (χ2n) is 11.0. The first kappa shape index (κ1) is 28.0. The number of hydrogen-bond acceptors (Lipinski definition) is 7. The summed E-state index contributed by atoms with van der Waals surface area (Å²) >= 11 is 0.